The van der Waals surface area contributed by atoms with Gasteiger partial charge in [-0.15, -0.1) is 0 Å². The molecule has 0 spiro atoms. The van der Waals surface area contributed by atoms with E-state index in [1.54, 1.807) is 18.6 Å². The Kier molecular flexibility index (Phi) is 19.0. The van der Waals surface area contributed by atoms with Crippen molar-refractivity contribution in [1.82, 2.24) is 4.72 Å². The summed E-state index contributed by atoms with van der Waals surface area (Å²) in [6.07, 6.45) is -10.1. The van der Waals surface area contributed by atoms with Crippen LogP contribution >= 0.6 is 0 Å². The minimum absolute atomic E-state index is 0.0208. The topological polar surface area (TPSA) is 279 Å². The zero-order chi connectivity index (χ0) is 33.6. The lowest BCUT2D eigenvalue weighted by atomic mass is 9.89. The van der Waals surface area contributed by atoms with Gasteiger partial charge in [0, 0.05) is 19.6 Å². The summed E-state index contributed by atoms with van der Waals surface area (Å²) in [6, 6.07) is -1.45. The summed E-state index contributed by atoms with van der Waals surface area (Å²) >= 11 is 0. The van der Waals surface area contributed by atoms with Crippen LogP contribution in [0.4, 0.5) is 0 Å². The normalized spacial score (nSPS) is 29.9. The van der Waals surface area contributed by atoms with Crippen LogP contribution in [0.3, 0.4) is 0 Å². The van der Waals surface area contributed by atoms with Crippen LogP contribution in [0.25, 0.3) is 0 Å². The third-order valence-electron chi connectivity index (χ3n) is 5.99. The Morgan fingerprint density at radius 3 is 1.95 bits per heavy atom. The zero-order valence-electron chi connectivity index (χ0n) is 24.7. The van der Waals surface area contributed by atoms with E-state index < -0.39 is 98.9 Å². The van der Waals surface area contributed by atoms with Crippen molar-refractivity contribution in [2.75, 3.05) is 19.8 Å². The van der Waals surface area contributed by atoms with E-state index in [0.29, 0.717) is 0 Å². The number of nitrogens with one attached hydrogen (secondary N) is 1. The molecular weight excluding hydrogens is 646 g/mol. The van der Waals surface area contributed by atoms with E-state index in [0.717, 1.165) is 0 Å². The summed E-state index contributed by atoms with van der Waals surface area (Å²) in [5, 5.41) is 11.9. The summed E-state index contributed by atoms with van der Waals surface area (Å²) in [4.78, 5) is 11.9. The highest BCUT2D eigenvalue weighted by Gasteiger charge is 2.46. The van der Waals surface area contributed by atoms with Crippen LogP contribution < -0.4 is 9.83 Å². The van der Waals surface area contributed by atoms with Gasteiger partial charge in [0.25, 0.3) is 0 Å². The highest BCUT2D eigenvalue weighted by atomic mass is 32.3. The molecule has 43 heavy (non-hydrogen) atoms. The molecule has 0 radical (unpaired) electrons. The third kappa shape index (κ3) is 16.2. The highest BCUT2D eigenvalue weighted by Crippen LogP contribution is 2.34. The summed E-state index contributed by atoms with van der Waals surface area (Å²) in [6.45, 7) is 10.7. The number of carboxylic acid groups (broad SMARTS) is 1. The van der Waals surface area contributed by atoms with E-state index in [4.69, 9.17) is 18.9 Å². The van der Waals surface area contributed by atoms with Crippen LogP contribution in [0.1, 0.15) is 67.2 Å². The fraction of sp³-hybridized carbons (Fsp3) is 0.955. The molecule has 2 aliphatic heterocycles. The van der Waals surface area contributed by atoms with Crippen molar-refractivity contribution in [2.24, 2.45) is 5.92 Å². The second-order valence-electron chi connectivity index (χ2n) is 8.67. The number of ether oxygens (including phenoxy) is 4. The van der Waals surface area contributed by atoms with E-state index in [2.05, 4.69) is 8.37 Å². The molecule has 2 saturated heterocycles. The van der Waals surface area contributed by atoms with Crippen molar-refractivity contribution in [1.29, 1.82) is 0 Å². The van der Waals surface area contributed by atoms with Gasteiger partial charge in [-0.2, -0.15) is 0 Å². The Morgan fingerprint density at radius 1 is 0.884 bits per heavy atom. The zero-order valence-corrected chi connectivity index (χ0v) is 27.2. The summed E-state index contributed by atoms with van der Waals surface area (Å²) < 4.78 is 133. The van der Waals surface area contributed by atoms with Crippen molar-refractivity contribution >= 4 is 37.1 Å². The Labute approximate surface area is 253 Å². The summed E-state index contributed by atoms with van der Waals surface area (Å²) in [7, 11) is -15.6. The molecule has 18 nitrogen and oxygen atoms in total. The number of rotatable bonds is 15. The molecule has 0 amide bonds. The van der Waals surface area contributed by atoms with Crippen LogP contribution in [0, 0.1) is 5.92 Å². The fourth-order valence-corrected chi connectivity index (χ4v) is 5.75. The summed E-state index contributed by atoms with van der Waals surface area (Å²) in [5.74, 6) is -2.49. The largest absolute Gasteiger partial charge is 0.735 e. The van der Waals surface area contributed by atoms with Crippen molar-refractivity contribution in [2.45, 2.75) is 110 Å². The van der Waals surface area contributed by atoms with E-state index in [1.165, 1.54) is 0 Å². The van der Waals surface area contributed by atoms with E-state index in [9.17, 15) is 48.8 Å². The first kappa shape index (κ1) is 41.9. The summed E-state index contributed by atoms with van der Waals surface area (Å²) in [5.41, 5.74) is 0. The lowest BCUT2D eigenvalue weighted by Gasteiger charge is -2.46. The second kappa shape index (κ2) is 19.4. The molecule has 0 aromatic heterocycles. The van der Waals surface area contributed by atoms with Gasteiger partial charge in [-0.1, -0.05) is 41.0 Å². The van der Waals surface area contributed by atoms with Gasteiger partial charge in [-0.3, -0.25) is 8.37 Å². The average Bonchev–Trinajstić information content (AvgIpc) is 2.89. The molecule has 2 heterocycles. The molecule has 8 atom stereocenters. The van der Waals surface area contributed by atoms with Crippen LogP contribution in [0.5, 0.6) is 0 Å². The molecule has 0 aliphatic carbocycles. The molecule has 2 aliphatic rings. The number of carbonyl (C=O) groups is 1. The molecule has 2 rings (SSSR count). The quantitative estimate of drug-likeness (QED) is 0.118. The fourth-order valence-electron chi connectivity index (χ4n) is 4.36. The van der Waals surface area contributed by atoms with Crippen LogP contribution in [-0.2, 0) is 63.2 Å². The van der Waals surface area contributed by atoms with Gasteiger partial charge in [-0.05, 0) is 25.7 Å². The van der Waals surface area contributed by atoms with Crippen molar-refractivity contribution in [3.63, 3.8) is 0 Å². The molecule has 2 fully saturated rings. The average molecular weight is 688 g/mol. The standard InChI is InChI=1S/C18H33NO17S3.2C2H6/c1-3-10-7-11(19-37(22,23)24)18(35-15(10)9-32-38(25,26)27)34-14-8-13(36-39(28,29)30)12(5-6-31-4-2)33-16(14)17(20)21;2*1-2/h10-16,18-19H,3-9H2,1-2H3,(H,20,21)(H,22,23,24)(H,25,26,27)(H,28,29,30);2*1-2H3/p-4/t10-,11?,12-,13?,14+,15?,16?,18+;;/m0../s1. The molecule has 0 saturated carbocycles. The molecular formula is C22H41NO17S3-4. The van der Waals surface area contributed by atoms with Crippen LogP contribution in [0.15, 0.2) is 0 Å². The van der Waals surface area contributed by atoms with Gasteiger partial charge < -0.3 is 42.5 Å². The van der Waals surface area contributed by atoms with Gasteiger partial charge in [0.2, 0.25) is 20.8 Å². The minimum atomic E-state index is -5.31. The second-order valence-corrected chi connectivity index (χ2v) is 11.9. The predicted octanol–water partition coefficient (Wildman–Crippen LogP) is -1.36. The van der Waals surface area contributed by atoms with E-state index in [1.807, 2.05) is 27.7 Å². The Balaban J connectivity index is 0.00000422. The Bertz CT molecular complexity index is 1130. The van der Waals surface area contributed by atoms with Crippen LogP contribution in [-0.4, -0.2) is 108 Å². The molecule has 0 aromatic rings. The van der Waals surface area contributed by atoms with E-state index >= 15 is 0 Å². The molecule has 258 valence electrons. The van der Waals surface area contributed by atoms with Gasteiger partial charge in [-0.25, -0.2) is 30.0 Å². The number of aliphatic carboxylic acids is 1. The van der Waals surface area contributed by atoms with Crippen molar-refractivity contribution < 1.29 is 76.1 Å². The van der Waals surface area contributed by atoms with Gasteiger partial charge in [0.05, 0.1) is 36.9 Å². The lowest BCUT2D eigenvalue weighted by Crippen LogP contribution is -2.60. The Morgan fingerprint density at radius 2 is 1.49 bits per heavy atom. The molecule has 0 aromatic carbocycles. The van der Waals surface area contributed by atoms with Gasteiger partial charge in [0.15, 0.2) is 16.6 Å². The predicted molar refractivity (Wildman–Crippen MR) is 141 cm³/mol. The maximum Gasteiger partial charge on any atom is 0.217 e. The first-order valence-electron chi connectivity index (χ1n) is 13.6. The number of carbonyl (C=O) groups excluding carboxylic acids is 1. The molecule has 21 heteroatoms. The first-order chi connectivity index (χ1) is 19.9. The monoisotopic (exact) mass is 687 g/mol. The number of hydrogen-bond acceptors (Lipinski definition) is 17. The van der Waals surface area contributed by atoms with Crippen molar-refractivity contribution in [3.05, 3.63) is 0 Å². The highest BCUT2D eigenvalue weighted by molar-refractivity contribution is 7.83. The van der Waals surface area contributed by atoms with Crippen molar-refractivity contribution in [3.8, 4) is 0 Å². The van der Waals surface area contributed by atoms with E-state index in [-0.39, 0.29) is 32.5 Å². The molecule has 1 N–H and O–H groups in total. The maximum atomic E-state index is 11.9. The number of hydrogen-bond donors (Lipinski definition) is 1. The third-order valence-corrected chi connectivity index (χ3v) is 7.49. The minimum Gasteiger partial charge on any atom is -0.735 e. The van der Waals surface area contributed by atoms with Crippen LogP contribution in [0.2, 0.25) is 0 Å². The Hall–Kier alpha value is -1.08. The maximum absolute atomic E-state index is 11.9. The SMILES string of the molecule is CC.CC.CCOCC[C@@H]1OC(C(=O)[O-])[C@H](O[C@@H]2OC(COS(=O)(=O)[O-])[C@@H](CC)CC2NS(=O)(=O)[O-])CC1OS(=O)(=O)[O-]. The molecule has 0 bridgehead atoms. The molecule has 4 unspecified atom stereocenters. The number of carboxylic acids is 1. The first-order valence-corrected chi connectivity index (χ1v) is 17.7. The lowest BCUT2D eigenvalue weighted by molar-refractivity contribution is -0.337. The van der Waals surface area contributed by atoms with Gasteiger partial charge >= 0.3 is 0 Å². The smallest absolute Gasteiger partial charge is 0.217 e. The van der Waals surface area contributed by atoms with Gasteiger partial charge in [0.1, 0.15) is 12.2 Å².